The molecule has 0 aliphatic carbocycles. The summed E-state index contributed by atoms with van der Waals surface area (Å²) in [4.78, 5) is 19.4. The van der Waals surface area contributed by atoms with E-state index in [1.165, 1.54) is 11.8 Å². The average Bonchev–Trinajstić information content (AvgIpc) is 3.29. The third kappa shape index (κ3) is 4.37. The summed E-state index contributed by atoms with van der Waals surface area (Å²) in [6, 6.07) is 14.1. The van der Waals surface area contributed by atoms with Crippen LogP contribution >= 0.6 is 15.9 Å². The highest BCUT2D eigenvalue weighted by Gasteiger charge is 2.31. The average molecular weight is 491 g/mol. The van der Waals surface area contributed by atoms with E-state index in [2.05, 4.69) is 48.0 Å². The van der Waals surface area contributed by atoms with E-state index in [0.717, 1.165) is 24.0 Å². The van der Waals surface area contributed by atoms with Gasteiger partial charge in [0.1, 0.15) is 11.9 Å². The lowest BCUT2D eigenvalue weighted by molar-refractivity contribution is -0.122. The number of hydrogen-bond acceptors (Lipinski definition) is 5. The molecule has 1 saturated heterocycles. The second-order valence-corrected chi connectivity index (χ2v) is 10.1. The number of carbonyl (C=O) groups is 1. The molecule has 0 saturated carbocycles. The Morgan fingerprint density at radius 1 is 1.30 bits per heavy atom. The molecule has 0 bridgehead atoms. The van der Waals surface area contributed by atoms with E-state index in [4.69, 9.17) is 0 Å². The van der Waals surface area contributed by atoms with E-state index >= 15 is 0 Å². The highest BCUT2D eigenvalue weighted by atomic mass is 79.9. The Labute approximate surface area is 184 Å². The molecule has 1 fully saturated rings. The lowest BCUT2D eigenvalue weighted by atomic mass is 10.1. The van der Waals surface area contributed by atoms with Gasteiger partial charge in [0.2, 0.25) is 5.91 Å². The van der Waals surface area contributed by atoms with Gasteiger partial charge in [-0.1, -0.05) is 34.1 Å². The van der Waals surface area contributed by atoms with E-state index in [9.17, 15) is 13.2 Å². The zero-order valence-corrected chi connectivity index (χ0v) is 18.9. The van der Waals surface area contributed by atoms with Gasteiger partial charge in [-0.2, -0.15) is 0 Å². The number of nitrogens with one attached hydrogen (secondary N) is 2. The van der Waals surface area contributed by atoms with E-state index in [-0.39, 0.29) is 16.6 Å². The van der Waals surface area contributed by atoms with Crippen LogP contribution in [0, 0.1) is 5.92 Å². The largest absolute Gasteiger partial charge is 0.371 e. The van der Waals surface area contributed by atoms with Gasteiger partial charge in [0.25, 0.3) is 10.0 Å². The van der Waals surface area contributed by atoms with Crippen LogP contribution < -0.4 is 14.9 Å². The number of hydrogen-bond donors (Lipinski definition) is 2. The number of rotatable bonds is 5. The van der Waals surface area contributed by atoms with Crippen molar-refractivity contribution in [1.82, 2.24) is 10.0 Å². The number of benzene rings is 2. The summed E-state index contributed by atoms with van der Waals surface area (Å²) in [6.07, 6.45) is 1.00. The number of aliphatic imine (C=N–C) groups is 1. The molecule has 2 N–H and O–H groups in total. The van der Waals surface area contributed by atoms with Gasteiger partial charge in [-0.3, -0.25) is 14.5 Å². The predicted molar refractivity (Wildman–Crippen MR) is 120 cm³/mol. The second-order valence-electron chi connectivity index (χ2n) is 7.58. The van der Waals surface area contributed by atoms with Crippen LogP contribution in [0.4, 0.5) is 5.69 Å². The van der Waals surface area contributed by atoms with Gasteiger partial charge in [0, 0.05) is 35.4 Å². The number of amides is 1. The van der Waals surface area contributed by atoms with Crippen molar-refractivity contribution in [3.63, 3.8) is 0 Å². The molecule has 158 valence electrons. The molecule has 2 heterocycles. The maximum Gasteiger partial charge on any atom is 0.263 e. The van der Waals surface area contributed by atoms with Gasteiger partial charge in [-0.25, -0.2) is 8.42 Å². The van der Waals surface area contributed by atoms with Crippen LogP contribution in [0.25, 0.3) is 0 Å². The smallest absolute Gasteiger partial charge is 0.263 e. The first kappa shape index (κ1) is 20.9. The fourth-order valence-corrected chi connectivity index (χ4v) is 5.41. The number of halogens is 1. The number of amidine groups is 1. The molecule has 2 aromatic rings. The Bertz CT molecular complexity index is 1100. The summed E-state index contributed by atoms with van der Waals surface area (Å²) in [5.41, 5.74) is 1.67. The Hall–Kier alpha value is -2.39. The van der Waals surface area contributed by atoms with Crippen LogP contribution in [0.3, 0.4) is 0 Å². The summed E-state index contributed by atoms with van der Waals surface area (Å²) in [7, 11) is -3.61. The summed E-state index contributed by atoms with van der Waals surface area (Å²) in [6.45, 7) is 4.07. The molecule has 2 aliphatic rings. The molecule has 1 unspecified atom stereocenters. The van der Waals surface area contributed by atoms with Crippen LogP contribution in [0.5, 0.6) is 0 Å². The van der Waals surface area contributed by atoms with Crippen LogP contribution in [0.15, 0.2) is 62.9 Å². The Morgan fingerprint density at radius 3 is 2.90 bits per heavy atom. The second kappa shape index (κ2) is 8.39. The van der Waals surface area contributed by atoms with E-state index in [1.807, 2.05) is 12.1 Å². The van der Waals surface area contributed by atoms with Gasteiger partial charge in [-0.05, 0) is 49.6 Å². The fraction of sp³-hybridized carbons (Fsp3) is 0.333. The van der Waals surface area contributed by atoms with E-state index in [1.54, 1.807) is 25.1 Å². The third-order valence-corrected chi connectivity index (χ3v) is 7.28. The third-order valence-electron chi connectivity index (χ3n) is 5.39. The molecule has 7 nitrogen and oxygen atoms in total. The van der Waals surface area contributed by atoms with Crippen molar-refractivity contribution in [2.75, 3.05) is 24.5 Å². The molecule has 2 aliphatic heterocycles. The Balaban J connectivity index is 1.35. The molecular weight excluding hydrogens is 468 g/mol. The Kier molecular flexibility index (Phi) is 5.84. The molecule has 0 spiro atoms. The van der Waals surface area contributed by atoms with Gasteiger partial charge in [-0.15, -0.1) is 0 Å². The van der Waals surface area contributed by atoms with E-state index < -0.39 is 16.1 Å². The number of nitrogens with zero attached hydrogens (tertiary/aromatic N) is 2. The first-order valence-corrected chi connectivity index (χ1v) is 12.1. The molecule has 4 rings (SSSR count). The van der Waals surface area contributed by atoms with Crippen LogP contribution in [0.1, 0.15) is 18.9 Å². The van der Waals surface area contributed by atoms with Gasteiger partial charge in [0.05, 0.1) is 4.90 Å². The van der Waals surface area contributed by atoms with Crippen molar-refractivity contribution in [2.24, 2.45) is 10.9 Å². The quantitative estimate of drug-likeness (QED) is 0.673. The topological polar surface area (TPSA) is 90.9 Å². The van der Waals surface area contributed by atoms with Crippen molar-refractivity contribution in [3.8, 4) is 0 Å². The zero-order chi connectivity index (χ0) is 21.3. The first-order chi connectivity index (χ1) is 14.3. The number of anilines is 1. The normalized spacial score (nSPS) is 21.9. The van der Waals surface area contributed by atoms with Gasteiger partial charge >= 0.3 is 0 Å². The van der Waals surface area contributed by atoms with Crippen molar-refractivity contribution >= 4 is 43.4 Å². The summed E-state index contributed by atoms with van der Waals surface area (Å²) >= 11 is 3.50. The molecule has 0 aromatic heterocycles. The van der Waals surface area contributed by atoms with Crippen LogP contribution in [-0.4, -0.2) is 45.8 Å². The highest BCUT2D eigenvalue weighted by Crippen LogP contribution is 2.26. The summed E-state index contributed by atoms with van der Waals surface area (Å²) in [5, 5.41) is 2.97. The predicted octanol–water partition coefficient (Wildman–Crippen LogP) is 2.52. The minimum Gasteiger partial charge on any atom is -0.371 e. The molecule has 0 radical (unpaired) electrons. The van der Waals surface area contributed by atoms with E-state index in [0.29, 0.717) is 18.0 Å². The van der Waals surface area contributed by atoms with Crippen molar-refractivity contribution in [1.29, 1.82) is 0 Å². The minimum absolute atomic E-state index is 0.190. The zero-order valence-electron chi connectivity index (χ0n) is 16.5. The summed E-state index contributed by atoms with van der Waals surface area (Å²) < 4.78 is 27.9. The molecule has 2 atom stereocenters. The minimum atomic E-state index is -3.61. The fourth-order valence-electron chi connectivity index (χ4n) is 3.78. The standard InChI is InChI=1S/C21H23BrN4O3S/c1-14(24-20-18-7-2-3-8-19(18)30(28,29)25-20)21(27)23-12-15-9-10-26(13-15)17-6-4-5-16(22)11-17/h2-8,11,14-15H,9-10,12-13H2,1H3,(H,23,27)(H,24,25)/t14-,15?/m0/s1. The Morgan fingerprint density at radius 2 is 2.10 bits per heavy atom. The van der Waals surface area contributed by atoms with Crippen LogP contribution in [0.2, 0.25) is 0 Å². The molecule has 1 amide bonds. The number of fused-ring (bicyclic) bond motifs is 1. The molecule has 9 heteroatoms. The lowest BCUT2D eigenvalue weighted by Gasteiger charge is -2.19. The van der Waals surface area contributed by atoms with Crippen LogP contribution in [-0.2, 0) is 14.8 Å². The first-order valence-electron chi connectivity index (χ1n) is 9.82. The summed E-state index contributed by atoms with van der Waals surface area (Å²) in [5.74, 6) is 0.362. The van der Waals surface area contributed by atoms with Crippen molar-refractivity contribution in [3.05, 3.63) is 58.6 Å². The SMILES string of the molecule is C[C@H](N=C1NS(=O)(=O)c2ccccc21)C(=O)NCC1CCN(c2cccc(Br)c2)C1. The monoisotopic (exact) mass is 490 g/mol. The highest BCUT2D eigenvalue weighted by molar-refractivity contribution is 9.10. The van der Waals surface area contributed by atoms with Gasteiger partial charge < -0.3 is 10.2 Å². The van der Waals surface area contributed by atoms with Crippen molar-refractivity contribution in [2.45, 2.75) is 24.3 Å². The number of carbonyl (C=O) groups excluding carboxylic acids is 1. The van der Waals surface area contributed by atoms with Crippen molar-refractivity contribution < 1.29 is 13.2 Å². The number of sulfonamides is 1. The van der Waals surface area contributed by atoms with Gasteiger partial charge in [0.15, 0.2) is 0 Å². The maximum absolute atomic E-state index is 12.5. The molecule has 30 heavy (non-hydrogen) atoms. The maximum atomic E-state index is 12.5. The molecular formula is C21H23BrN4O3S. The molecule has 2 aromatic carbocycles. The lowest BCUT2D eigenvalue weighted by Crippen LogP contribution is -2.37.